The van der Waals surface area contributed by atoms with Gasteiger partial charge in [0.15, 0.2) is 5.79 Å². The summed E-state index contributed by atoms with van der Waals surface area (Å²) in [5, 5.41) is 3.45. The SMILES string of the molecule is C=C1COC(CC[C@@]23CC4OC5C(O2)[C@H]2OC(CC(=O)CC6CCN[C@H]6C)CCC2O[C@H]5C4O3)C1. The van der Waals surface area contributed by atoms with Crippen LogP contribution in [0.15, 0.2) is 12.2 Å². The number of Topliss-reactive ketones (excluding diaryl/α,β-unsaturated/α-hetero) is 1. The molecule has 0 aromatic rings. The minimum absolute atomic E-state index is 0.00833. The summed E-state index contributed by atoms with van der Waals surface area (Å²) in [6.45, 7) is 7.90. The van der Waals surface area contributed by atoms with Crippen molar-refractivity contribution in [3.05, 3.63) is 12.2 Å². The molecular formula is C27H39NO7. The lowest BCUT2D eigenvalue weighted by Crippen LogP contribution is -2.61. The molecule has 1 N–H and O–H groups in total. The lowest BCUT2D eigenvalue weighted by atomic mass is 9.86. The molecule has 194 valence electrons. The zero-order valence-electron chi connectivity index (χ0n) is 20.7. The second-order valence-corrected chi connectivity index (χ2v) is 12.0. The number of ketones is 1. The number of hydrogen-bond donors (Lipinski definition) is 1. The van der Waals surface area contributed by atoms with Crippen LogP contribution >= 0.6 is 0 Å². The van der Waals surface area contributed by atoms with Crippen LogP contribution in [0.4, 0.5) is 0 Å². The van der Waals surface area contributed by atoms with Crippen molar-refractivity contribution in [3.63, 3.8) is 0 Å². The van der Waals surface area contributed by atoms with Gasteiger partial charge in [0, 0.05) is 31.7 Å². The van der Waals surface area contributed by atoms with E-state index in [1.807, 2.05) is 0 Å². The van der Waals surface area contributed by atoms with Gasteiger partial charge in [-0.2, -0.15) is 0 Å². The molecule has 8 heterocycles. The van der Waals surface area contributed by atoms with E-state index in [2.05, 4.69) is 18.8 Å². The Labute approximate surface area is 207 Å². The van der Waals surface area contributed by atoms with E-state index in [9.17, 15) is 4.79 Å². The molecule has 0 spiro atoms. The largest absolute Gasteiger partial charge is 0.374 e. The molecular weight excluding hydrogens is 450 g/mol. The van der Waals surface area contributed by atoms with Crippen LogP contribution in [0.2, 0.25) is 0 Å². The van der Waals surface area contributed by atoms with E-state index in [-0.39, 0.29) is 54.9 Å². The fourth-order valence-electron chi connectivity index (χ4n) is 7.69. The van der Waals surface area contributed by atoms with Crippen LogP contribution in [-0.4, -0.2) is 85.7 Å². The molecule has 35 heavy (non-hydrogen) atoms. The Morgan fingerprint density at radius 3 is 2.60 bits per heavy atom. The first-order valence-corrected chi connectivity index (χ1v) is 13.8. The summed E-state index contributed by atoms with van der Waals surface area (Å²) < 4.78 is 38.9. The molecule has 12 atom stereocenters. The van der Waals surface area contributed by atoms with Gasteiger partial charge in [0.2, 0.25) is 0 Å². The summed E-state index contributed by atoms with van der Waals surface area (Å²) in [6, 6.07) is 0.418. The average molecular weight is 490 g/mol. The third-order valence-corrected chi connectivity index (χ3v) is 9.55. The molecule has 8 aliphatic heterocycles. The van der Waals surface area contributed by atoms with Crippen molar-refractivity contribution in [1.29, 1.82) is 0 Å². The van der Waals surface area contributed by atoms with Gasteiger partial charge >= 0.3 is 0 Å². The van der Waals surface area contributed by atoms with Gasteiger partial charge in [-0.05, 0) is 57.1 Å². The third-order valence-electron chi connectivity index (χ3n) is 9.55. The van der Waals surface area contributed by atoms with Crippen LogP contribution in [0, 0.1) is 5.92 Å². The van der Waals surface area contributed by atoms with E-state index in [4.69, 9.17) is 28.4 Å². The summed E-state index contributed by atoms with van der Waals surface area (Å²) in [5.41, 5.74) is 1.16. The second-order valence-electron chi connectivity index (χ2n) is 12.0. The van der Waals surface area contributed by atoms with E-state index < -0.39 is 5.79 Å². The maximum Gasteiger partial charge on any atom is 0.172 e. The van der Waals surface area contributed by atoms with Gasteiger partial charge in [0.1, 0.15) is 36.3 Å². The topological polar surface area (TPSA) is 84.5 Å². The Kier molecular flexibility index (Phi) is 5.89. The fraction of sp³-hybridized carbons (Fsp3) is 0.889. The smallest absolute Gasteiger partial charge is 0.172 e. The first-order chi connectivity index (χ1) is 17.0. The molecule has 8 aliphatic rings. The zero-order chi connectivity index (χ0) is 23.7. The van der Waals surface area contributed by atoms with Crippen molar-refractivity contribution in [2.45, 2.75) is 131 Å². The van der Waals surface area contributed by atoms with Crippen LogP contribution in [0.25, 0.3) is 0 Å². The highest BCUT2D eigenvalue weighted by molar-refractivity contribution is 5.79. The summed E-state index contributed by atoms with van der Waals surface area (Å²) in [5.74, 6) is 0.0754. The highest BCUT2D eigenvalue weighted by Crippen LogP contribution is 2.54. The van der Waals surface area contributed by atoms with E-state index in [0.717, 1.165) is 57.1 Å². The molecule has 8 fully saturated rings. The molecule has 0 saturated carbocycles. The second kappa shape index (κ2) is 8.86. The normalized spacial score (nSPS) is 52.1. The van der Waals surface area contributed by atoms with Crippen LogP contribution < -0.4 is 5.32 Å². The van der Waals surface area contributed by atoms with Crippen molar-refractivity contribution >= 4 is 5.78 Å². The lowest BCUT2D eigenvalue weighted by Gasteiger charge is -2.47. The van der Waals surface area contributed by atoms with Gasteiger partial charge in [-0.15, -0.1) is 0 Å². The number of carbonyl (C=O) groups is 1. The number of fused-ring (bicyclic) bond motifs is 1. The Balaban J connectivity index is 1.03. The Morgan fingerprint density at radius 1 is 0.971 bits per heavy atom. The number of ether oxygens (including phenoxy) is 6. The fourth-order valence-corrected chi connectivity index (χ4v) is 7.69. The highest BCUT2D eigenvalue weighted by Gasteiger charge is 2.68. The van der Waals surface area contributed by atoms with Crippen molar-refractivity contribution in [2.24, 2.45) is 5.92 Å². The van der Waals surface area contributed by atoms with Crippen LogP contribution in [-0.2, 0) is 33.2 Å². The van der Waals surface area contributed by atoms with E-state index in [0.29, 0.717) is 37.2 Å². The Bertz CT molecular complexity index is 866. The summed E-state index contributed by atoms with van der Waals surface area (Å²) >= 11 is 0. The Morgan fingerprint density at radius 2 is 1.80 bits per heavy atom. The van der Waals surface area contributed by atoms with Gasteiger partial charge in [0.25, 0.3) is 0 Å². The standard InChI is InChI=1S/C27H39NO7/c1-14-9-18(30-13-14)5-7-27-12-21-23(34-27)24-25(33-21)26(35-27)22-20(32-24)4-3-19(31-22)11-17(29)10-16-6-8-28-15(16)2/h15-16,18-26,28H,1,3-13H2,2H3/t15-,16?,18?,19?,20?,21?,22-,23?,24-,25?,26?,27-/m0/s1. The number of carbonyl (C=O) groups excluding carboxylic acids is 1. The molecule has 0 aromatic carbocycles. The summed E-state index contributed by atoms with van der Waals surface area (Å²) in [7, 11) is 0. The predicted molar refractivity (Wildman–Crippen MR) is 125 cm³/mol. The minimum Gasteiger partial charge on any atom is -0.374 e. The average Bonchev–Trinajstić information content (AvgIpc) is 3.54. The molecule has 6 bridgehead atoms. The van der Waals surface area contributed by atoms with E-state index >= 15 is 0 Å². The van der Waals surface area contributed by atoms with E-state index in [1.54, 1.807) is 0 Å². The van der Waals surface area contributed by atoms with Gasteiger partial charge < -0.3 is 33.7 Å². The van der Waals surface area contributed by atoms with Crippen molar-refractivity contribution in [3.8, 4) is 0 Å². The third kappa shape index (κ3) is 4.13. The monoisotopic (exact) mass is 489 g/mol. The maximum atomic E-state index is 12.9. The van der Waals surface area contributed by atoms with Gasteiger partial charge in [-0.25, -0.2) is 0 Å². The minimum atomic E-state index is -0.674. The number of hydrogen-bond acceptors (Lipinski definition) is 8. The molecule has 8 saturated heterocycles. The summed E-state index contributed by atoms with van der Waals surface area (Å²) in [6.07, 6.45) is 6.49. The van der Waals surface area contributed by atoms with Gasteiger partial charge in [0.05, 0.1) is 31.0 Å². The van der Waals surface area contributed by atoms with E-state index in [1.165, 1.54) is 0 Å². The van der Waals surface area contributed by atoms with Crippen molar-refractivity contribution < 1.29 is 33.2 Å². The first-order valence-electron chi connectivity index (χ1n) is 13.8. The van der Waals surface area contributed by atoms with Gasteiger partial charge in [-0.3, -0.25) is 4.79 Å². The maximum absolute atomic E-state index is 12.9. The number of rotatable bonds is 7. The molecule has 0 aromatic heterocycles. The van der Waals surface area contributed by atoms with Crippen LogP contribution in [0.5, 0.6) is 0 Å². The lowest BCUT2D eigenvalue weighted by molar-refractivity contribution is -0.292. The molecule has 8 nitrogen and oxygen atoms in total. The Hall–Kier alpha value is -0.870. The molecule has 8 rings (SSSR count). The quantitative estimate of drug-likeness (QED) is 0.546. The first kappa shape index (κ1) is 23.3. The van der Waals surface area contributed by atoms with Crippen LogP contribution in [0.1, 0.15) is 64.7 Å². The molecule has 0 radical (unpaired) electrons. The van der Waals surface area contributed by atoms with Gasteiger partial charge in [-0.1, -0.05) is 6.58 Å². The molecule has 8 unspecified atom stereocenters. The summed E-state index contributed by atoms with van der Waals surface area (Å²) in [4.78, 5) is 12.9. The predicted octanol–water partition coefficient (Wildman–Crippen LogP) is 2.43. The number of nitrogens with one attached hydrogen (secondary N) is 1. The molecule has 8 heteroatoms. The van der Waals surface area contributed by atoms with Crippen molar-refractivity contribution in [1.82, 2.24) is 5.32 Å². The zero-order valence-corrected chi connectivity index (χ0v) is 20.7. The van der Waals surface area contributed by atoms with Crippen LogP contribution in [0.3, 0.4) is 0 Å². The van der Waals surface area contributed by atoms with Crippen molar-refractivity contribution in [2.75, 3.05) is 13.2 Å². The highest BCUT2D eigenvalue weighted by atomic mass is 16.8. The molecule has 0 amide bonds. The molecule has 0 aliphatic carbocycles.